The number of carboxylic acid groups (broad SMARTS) is 1. The Labute approximate surface area is 167 Å². The van der Waals surface area contributed by atoms with E-state index in [2.05, 4.69) is 10.3 Å². The molecule has 0 saturated carbocycles. The highest BCUT2D eigenvalue weighted by molar-refractivity contribution is 6.29. The van der Waals surface area contributed by atoms with Crippen LogP contribution in [0.5, 0.6) is 0 Å². The lowest BCUT2D eigenvalue weighted by atomic mass is 9.95. The lowest BCUT2D eigenvalue weighted by Crippen LogP contribution is -2.44. The molecule has 0 spiro atoms. The van der Waals surface area contributed by atoms with Crippen LogP contribution in [0.2, 0.25) is 5.15 Å². The number of halogens is 1. The van der Waals surface area contributed by atoms with Crippen LogP contribution in [-0.4, -0.2) is 28.0 Å². The van der Waals surface area contributed by atoms with Crippen LogP contribution in [0.1, 0.15) is 22.6 Å². The number of benzene rings is 2. The van der Waals surface area contributed by atoms with Gasteiger partial charge in [-0.15, -0.1) is 0 Å². The molecule has 1 heterocycles. The predicted octanol–water partition coefficient (Wildman–Crippen LogP) is 3.66. The summed E-state index contributed by atoms with van der Waals surface area (Å²) in [4.78, 5) is 28.8. The van der Waals surface area contributed by atoms with E-state index in [-0.39, 0.29) is 12.3 Å². The minimum Gasteiger partial charge on any atom is -0.480 e. The number of nitrogens with zero attached hydrogens (tertiary/aromatic N) is 1. The van der Waals surface area contributed by atoms with Gasteiger partial charge in [-0.3, -0.25) is 4.79 Å². The maximum Gasteiger partial charge on any atom is 0.326 e. The summed E-state index contributed by atoms with van der Waals surface area (Å²) in [7, 11) is 0. The minimum absolute atomic E-state index is 0.126. The van der Waals surface area contributed by atoms with E-state index in [0.29, 0.717) is 10.7 Å². The standard InChI is InChI=1S/C22H17ClN2O3/c23-19-10-9-13(12-24-19)11-18(22(27)28)25-21(26)20-16-7-3-1-5-14(16)15-6-2-4-8-17(15)20/h1-10,12,18,20H,11H2,(H,25,26)(H,27,28)/t18-/m1/s1. The lowest BCUT2D eigenvalue weighted by molar-refractivity contribution is -0.141. The third kappa shape index (κ3) is 3.37. The summed E-state index contributed by atoms with van der Waals surface area (Å²) >= 11 is 5.78. The van der Waals surface area contributed by atoms with Gasteiger partial charge >= 0.3 is 5.97 Å². The first-order chi connectivity index (χ1) is 13.5. The number of aromatic nitrogens is 1. The SMILES string of the molecule is O=C(N[C@H](Cc1ccc(Cl)nc1)C(=O)O)C1c2ccccc2-c2ccccc21. The molecule has 1 atom stereocenters. The number of carbonyl (C=O) groups is 2. The number of carbonyl (C=O) groups excluding carboxylic acids is 1. The highest BCUT2D eigenvalue weighted by Crippen LogP contribution is 2.44. The summed E-state index contributed by atoms with van der Waals surface area (Å²) in [5, 5.41) is 12.6. The largest absolute Gasteiger partial charge is 0.480 e. The summed E-state index contributed by atoms with van der Waals surface area (Å²) in [5.74, 6) is -1.95. The number of carboxylic acids is 1. The normalized spacial score (nSPS) is 13.5. The van der Waals surface area contributed by atoms with Crippen molar-refractivity contribution in [2.24, 2.45) is 0 Å². The summed E-state index contributed by atoms with van der Waals surface area (Å²) in [6.45, 7) is 0. The molecule has 0 aliphatic heterocycles. The van der Waals surface area contributed by atoms with Crippen molar-refractivity contribution in [2.45, 2.75) is 18.4 Å². The third-order valence-electron chi connectivity index (χ3n) is 4.94. The Morgan fingerprint density at radius 2 is 1.61 bits per heavy atom. The van der Waals surface area contributed by atoms with Crippen molar-refractivity contribution < 1.29 is 14.7 Å². The van der Waals surface area contributed by atoms with E-state index >= 15 is 0 Å². The third-order valence-corrected chi connectivity index (χ3v) is 5.16. The molecule has 0 saturated heterocycles. The van der Waals surface area contributed by atoms with Gasteiger partial charge in [0.05, 0.1) is 5.92 Å². The van der Waals surface area contributed by atoms with Crippen LogP contribution >= 0.6 is 11.6 Å². The number of hydrogen-bond acceptors (Lipinski definition) is 3. The Kier molecular flexibility index (Phi) is 4.84. The molecule has 3 aromatic rings. The van der Waals surface area contributed by atoms with Crippen molar-refractivity contribution in [3.05, 3.63) is 88.7 Å². The second kappa shape index (κ2) is 7.44. The summed E-state index contributed by atoms with van der Waals surface area (Å²) in [5.41, 5.74) is 4.47. The second-order valence-corrected chi connectivity index (χ2v) is 7.09. The molecule has 2 aromatic carbocycles. The first-order valence-corrected chi connectivity index (χ1v) is 9.24. The molecule has 28 heavy (non-hydrogen) atoms. The Morgan fingerprint density at radius 1 is 1.00 bits per heavy atom. The monoisotopic (exact) mass is 392 g/mol. The van der Waals surface area contributed by atoms with Gasteiger partial charge in [0.15, 0.2) is 0 Å². The Morgan fingerprint density at radius 3 is 2.14 bits per heavy atom. The molecule has 1 aromatic heterocycles. The number of aliphatic carboxylic acids is 1. The van der Waals surface area contributed by atoms with E-state index < -0.39 is 17.9 Å². The van der Waals surface area contributed by atoms with Gasteiger partial charge in [-0.25, -0.2) is 9.78 Å². The van der Waals surface area contributed by atoms with Crippen molar-refractivity contribution in [2.75, 3.05) is 0 Å². The van der Waals surface area contributed by atoms with Gasteiger partial charge in [0.1, 0.15) is 11.2 Å². The van der Waals surface area contributed by atoms with Crippen molar-refractivity contribution in [1.29, 1.82) is 0 Å². The van der Waals surface area contributed by atoms with Crippen LogP contribution in [0.4, 0.5) is 0 Å². The molecule has 5 nitrogen and oxygen atoms in total. The molecule has 140 valence electrons. The molecule has 2 N–H and O–H groups in total. The molecule has 0 fully saturated rings. The van der Waals surface area contributed by atoms with Gasteiger partial charge in [-0.05, 0) is 33.9 Å². The molecule has 6 heteroatoms. The molecule has 4 rings (SSSR count). The average Bonchev–Trinajstić information content (AvgIpc) is 3.03. The molecule has 0 radical (unpaired) electrons. The maximum absolute atomic E-state index is 13.1. The second-order valence-electron chi connectivity index (χ2n) is 6.70. The van der Waals surface area contributed by atoms with Gasteiger partial charge < -0.3 is 10.4 Å². The number of pyridine rings is 1. The van der Waals surface area contributed by atoms with Gasteiger partial charge in [-0.1, -0.05) is 66.2 Å². The summed E-state index contributed by atoms with van der Waals surface area (Å²) in [6, 6.07) is 17.7. The molecular formula is C22H17ClN2O3. The van der Waals surface area contributed by atoms with E-state index in [1.54, 1.807) is 12.1 Å². The quantitative estimate of drug-likeness (QED) is 0.649. The zero-order chi connectivity index (χ0) is 19.7. The van der Waals surface area contributed by atoms with Gasteiger partial charge in [-0.2, -0.15) is 0 Å². The predicted molar refractivity (Wildman–Crippen MR) is 106 cm³/mol. The van der Waals surface area contributed by atoms with E-state index in [4.69, 9.17) is 11.6 Å². The van der Waals surface area contributed by atoms with Crippen molar-refractivity contribution in [3.63, 3.8) is 0 Å². The van der Waals surface area contributed by atoms with E-state index in [9.17, 15) is 14.7 Å². The fraction of sp³-hybridized carbons (Fsp3) is 0.136. The number of amides is 1. The zero-order valence-electron chi connectivity index (χ0n) is 14.8. The average molecular weight is 393 g/mol. The van der Waals surface area contributed by atoms with Crippen LogP contribution in [0.25, 0.3) is 11.1 Å². The highest BCUT2D eigenvalue weighted by atomic mass is 35.5. The highest BCUT2D eigenvalue weighted by Gasteiger charge is 2.35. The number of rotatable bonds is 5. The molecule has 1 aliphatic rings. The fourth-order valence-corrected chi connectivity index (χ4v) is 3.77. The van der Waals surface area contributed by atoms with Crippen LogP contribution in [-0.2, 0) is 16.0 Å². The van der Waals surface area contributed by atoms with Crippen LogP contribution in [0.3, 0.4) is 0 Å². The van der Waals surface area contributed by atoms with E-state index in [1.807, 2.05) is 48.5 Å². The van der Waals surface area contributed by atoms with E-state index in [0.717, 1.165) is 22.3 Å². The summed E-state index contributed by atoms with van der Waals surface area (Å²) in [6.07, 6.45) is 1.64. The first-order valence-electron chi connectivity index (χ1n) is 8.86. The van der Waals surface area contributed by atoms with Gasteiger partial charge in [0.2, 0.25) is 5.91 Å². The van der Waals surface area contributed by atoms with Gasteiger partial charge in [0, 0.05) is 12.6 Å². The van der Waals surface area contributed by atoms with Crippen LogP contribution in [0.15, 0.2) is 66.9 Å². The first kappa shape index (κ1) is 18.2. The molecular weight excluding hydrogens is 376 g/mol. The van der Waals surface area contributed by atoms with Crippen LogP contribution in [0, 0.1) is 0 Å². The number of hydrogen-bond donors (Lipinski definition) is 2. The maximum atomic E-state index is 13.1. The fourth-order valence-electron chi connectivity index (χ4n) is 3.66. The minimum atomic E-state index is -1.09. The topological polar surface area (TPSA) is 79.3 Å². The van der Waals surface area contributed by atoms with E-state index in [1.165, 1.54) is 6.20 Å². The van der Waals surface area contributed by atoms with Crippen molar-refractivity contribution in [3.8, 4) is 11.1 Å². The Hall–Kier alpha value is -3.18. The van der Waals surface area contributed by atoms with Crippen molar-refractivity contribution >= 4 is 23.5 Å². The molecule has 1 aliphatic carbocycles. The molecule has 0 bridgehead atoms. The Balaban J connectivity index is 1.61. The zero-order valence-corrected chi connectivity index (χ0v) is 15.6. The molecule has 0 unspecified atom stereocenters. The Bertz CT molecular complexity index is 1000. The summed E-state index contributed by atoms with van der Waals surface area (Å²) < 4.78 is 0. The van der Waals surface area contributed by atoms with Gasteiger partial charge in [0.25, 0.3) is 0 Å². The number of nitrogens with one attached hydrogen (secondary N) is 1. The van der Waals surface area contributed by atoms with Crippen molar-refractivity contribution in [1.82, 2.24) is 10.3 Å². The smallest absolute Gasteiger partial charge is 0.326 e. The molecule has 1 amide bonds. The van der Waals surface area contributed by atoms with Crippen LogP contribution < -0.4 is 5.32 Å². The lowest BCUT2D eigenvalue weighted by Gasteiger charge is -2.19. The number of fused-ring (bicyclic) bond motifs is 3.